The fourth-order valence-corrected chi connectivity index (χ4v) is 3.15. The standard InChI is InChI=1S/C16H19N5S/c1-16(2,3)14-19-20-15(21(14)17)22-10-12-7-4-6-11-8-5-9-18-13(11)12/h4-9H,10,17H2,1-3H3. The van der Waals surface area contributed by atoms with Gasteiger partial charge in [-0.15, -0.1) is 10.2 Å². The molecule has 0 amide bonds. The summed E-state index contributed by atoms with van der Waals surface area (Å²) in [7, 11) is 0. The Kier molecular flexibility index (Phi) is 3.78. The summed E-state index contributed by atoms with van der Waals surface area (Å²) in [5.74, 6) is 7.66. The topological polar surface area (TPSA) is 69.6 Å². The van der Waals surface area contributed by atoms with Crippen LogP contribution in [0.15, 0.2) is 41.7 Å². The molecule has 1 aromatic carbocycles. The monoisotopic (exact) mass is 313 g/mol. The summed E-state index contributed by atoms with van der Waals surface area (Å²) < 4.78 is 1.59. The predicted octanol–water partition coefficient (Wildman–Crippen LogP) is 3.13. The second-order valence-electron chi connectivity index (χ2n) is 6.21. The molecule has 0 radical (unpaired) electrons. The molecule has 0 saturated carbocycles. The van der Waals surface area contributed by atoms with Crippen LogP contribution in [0.5, 0.6) is 0 Å². The lowest BCUT2D eigenvalue weighted by Gasteiger charge is -2.16. The molecular weight excluding hydrogens is 294 g/mol. The molecule has 0 aliphatic carbocycles. The Bertz CT molecular complexity index is 798. The van der Waals surface area contributed by atoms with Crippen LogP contribution in [0.2, 0.25) is 0 Å². The van der Waals surface area contributed by atoms with Crippen molar-refractivity contribution in [3.8, 4) is 0 Å². The zero-order chi connectivity index (χ0) is 15.7. The number of nitrogens with zero attached hydrogens (tertiary/aromatic N) is 4. The first kappa shape index (κ1) is 14.8. The molecule has 0 atom stereocenters. The summed E-state index contributed by atoms with van der Waals surface area (Å²) in [5, 5.41) is 10.3. The van der Waals surface area contributed by atoms with Gasteiger partial charge in [-0.25, -0.2) is 4.68 Å². The van der Waals surface area contributed by atoms with E-state index in [2.05, 4.69) is 54.2 Å². The Labute approximate surface area is 133 Å². The minimum absolute atomic E-state index is 0.123. The van der Waals surface area contributed by atoms with E-state index in [0.29, 0.717) is 0 Å². The number of hydrogen-bond acceptors (Lipinski definition) is 5. The zero-order valence-electron chi connectivity index (χ0n) is 12.9. The molecule has 0 saturated heterocycles. The molecule has 3 rings (SSSR count). The van der Waals surface area contributed by atoms with Gasteiger partial charge in [0.25, 0.3) is 0 Å². The fourth-order valence-electron chi connectivity index (χ4n) is 2.31. The molecule has 0 spiro atoms. The highest BCUT2D eigenvalue weighted by atomic mass is 32.2. The number of fused-ring (bicyclic) bond motifs is 1. The first-order valence-electron chi connectivity index (χ1n) is 7.13. The van der Waals surface area contributed by atoms with Crippen molar-refractivity contribution in [2.75, 3.05) is 5.84 Å². The lowest BCUT2D eigenvalue weighted by Crippen LogP contribution is -2.24. The van der Waals surface area contributed by atoms with Crippen molar-refractivity contribution in [2.45, 2.75) is 37.1 Å². The molecule has 0 unspecified atom stereocenters. The lowest BCUT2D eigenvalue weighted by molar-refractivity contribution is 0.523. The van der Waals surface area contributed by atoms with Gasteiger partial charge in [0.05, 0.1) is 5.52 Å². The molecule has 6 heteroatoms. The van der Waals surface area contributed by atoms with Gasteiger partial charge >= 0.3 is 0 Å². The summed E-state index contributed by atoms with van der Waals surface area (Å²) in [6.45, 7) is 6.22. The highest BCUT2D eigenvalue weighted by Gasteiger charge is 2.23. The Morgan fingerprint density at radius 3 is 2.64 bits per heavy atom. The van der Waals surface area contributed by atoms with Gasteiger partial charge < -0.3 is 5.84 Å². The van der Waals surface area contributed by atoms with E-state index < -0.39 is 0 Å². The van der Waals surface area contributed by atoms with E-state index in [1.165, 1.54) is 5.56 Å². The number of pyridine rings is 1. The number of nitrogen functional groups attached to an aromatic ring is 1. The minimum Gasteiger partial charge on any atom is -0.336 e. The van der Waals surface area contributed by atoms with Gasteiger partial charge in [-0.3, -0.25) is 4.98 Å². The number of aromatic nitrogens is 4. The van der Waals surface area contributed by atoms with E-state index in [0.717, 1.165) is 27.6 Å². The van der Waals surface area contributed by atoms with Crippen LogP contribution in [-0.4, -0.2) is 19.9 Å². The maximum atomic E-state index is 6.12. The highest BCUT2D eigenvalue weighted by Crippen LogP contribution is 2.27. The first-order valence-corrected chi connectivity index (χ1v) is 8.12. The maximum absolute atomic E-state index is 6.12. The number of benzene rings is 1. The van der Waals surface area contributed by atoms with Crippen LogP contribution in [0, 0.1) is 0 Å². The summed E-state index contributed by atoms with van der Waals surface area (Å²) >= 11 is 1.58. The van der Waals surface area contributed by atoms with Crippen LogP contribution in [0.4, 0.5) is 0 Å². The molecule has 2 heterocycles. The summed E-state index contributed by atoms with van der Waals surface area (Å²) in [4.78, 5) is 4.47. The summed E-state index contributed by atoms with van der Waals surface area (Å²) in [5.41, 5.74) is 2.07. The SMILES string of the molecule is CC(C)(C)c1nnc(SCc2cccc3cccnc23)n1N. The van der Waals surface area contributed by atoms with E-state index in [-0.39, 0.29) is 5.41 Å². The van der Waals surface area contributed by atoms with Crippen molar-refractivity contribution in [1.29, 1.82) is 0 Å². The largest absolute Gasteiger partial charge is 0.336 e. The molecule has 2 aromatic heterocycles. The number of rotatable bonds is 3. The van der Waals surface area contributed by atoms with Crippen molar-refractivity contribution in [3.63, 3.8) is 0 Å². The zero-order valence-corrected chi connectivity index (χ0v) is 13.8. The normalized spacial score (nSPS) is 12.0. The highest BCUT2D eigenvalue weighted by molar-refractivity contribution is 7.98. The molecule has 0 aliphatic heterocycles. The molecule has 2 N–H and O–H groups in total. The third-order valence-corrected chi connectivity index (χ3v) is 4.40. The summed E-state index contributed by atoms with van der Waals surface area (Å²) in [6, 6.07) is 10.2. The molecule has 5 nitrogen and oxygen atoms in total. The van der Waals surface area contributed by atoms with Crippen molar-refractivity contribution in [2.24, 2.45) is 0 Å². The second kappa shape index (κ2) is 5.61. The molecule has 0 fully saturated rings. The van der Waals surface area contributed by atoms with Gasteiger partial charge in [-0.1, -0.05) is 56.8 Å². The number of nitrogens with two attached hydrogens (primary N) is 1. The summed E-state index contributed by atoms with van der Waals surface area (Å²) in [6.07, 6.45) is 1.82. The van der Waals surface area contributed by atoms with E-state index in [4.69, 9.17) is 5.84 Å². The van der Waals surface area contributed by atoms with Gasteiger partial charge in [0.15, 0.2) is 5.82 Å². The van der Waals surface area contributed by atoms with Gasteiger partial charge in [0.1, 0.15) is 0 Å². The van der Waals surface area contributed by atoms with E-state index >= 15 is 0 Å². The van der Waals surface area contributed by atoms with Crippen LogP contribution in [0.1, 0.15) is 32.2 Å². The Balaban J connectivity index is 1.85. The second-order valence-corrected chi connectivity index (χ2v) is 7.15. The van der Waals surface area contributed by atoms with Crippen LogP contribution in [0.25, 0.3) is 10.9 Å². The van der Waals surface area contributed by atoms with Crippen molar-refractivity contribution < 1.29 is 0 Å². The number of hydrogen-bond donors (Lipinski definition) is 1. The molecule has 3 aromatic rings. The third-order valence-electron chi connectivity index (χ3n) is 3.41. The number of thioether (sulfide) groups is 1. The van der Waals surface area contributed by atoms with Gasteiger partial charge in [-0.2, -0.15) is 0 Å². The van der Waals surface area contributed by atoms with Gasteiger partial charge in [0, 0.05) is 22.8 Å². The first-order chi connectivity index (χ1) is 10.5. The maximum Gasteiger partial charge on any atom is 0.210 e. The van der Waals surface area contributed by atoms with Crippen LogP contribution < -0.4 is 5.84 Å². The Morgan fingerprint density at radius 1 is 1.14 bits per heavy atom. The van der Waals surface area contributed by atoms with Crippen LogP contribution in [-0.2, 0) is 11.2 Å². The van der Waals surface area contributed by atoms with Crippen LogP contribution in [0.3, 0.4) is 0 Å². The quantitative estimate of drug-likeness (QED) is 0.594. The molecule has 22 heavy (non-hydrogen) atoms. The number of para-hydroxylation sites is 1. The molecular formula is C16H19N5S. The molecule has 114 valence electrons. The predicted molar refractivity (Wildman–Crippen MR) is 90.2 cm³/mol. The average molecular weight is 313 g/mol. The van der Waals surface area contributed by atoms with Gasteiger partial charge in [0.2, 0.25) is 5.16 Å². The van der Waals surface area contributed by atoms with Crippen molar-refractivity contribution >= 4 is 22.7 Å². The Hall–Kier alpha value is -2.08. The minimum atomic E-state index is -0.123. The average Bonchev–Trinajstić information content (AvgIpc) is 2.86. The molecule has 0 aliphatic rings. The van der Waals surface area contributed by atoms with Crippen molar-refractivity contribution in [1.82, 2.24) is 19.9 Å². The van der Waals surface area contributed by atoms with Gasteiger partial charge in [-0.05, 0) is 11.6 Å². The third kappa shape index (κ3) is 2.78. The van der Waals surface area contributed by atoms with Crippen LogP contribution >= 0.6 is 11.8 Å². The van der Waals surface area contributed by atoms with E-state index in [9.17, 15) is 0 Å². The van der Waals surface area contributed by atoms with E-state index in [1.807, 2.05) is 18.3 Å². The lowest BCUT2D eigenvalue weighted by atomic mass is 9.96. The van der Waals surface area contributed by atoms with Crippen molar-refractivity contribution in [3.05, 3.63) is 47.9 Å². The van der Waals surface area contributed by atoms with E-state index in [1.54, 1.807) is 16.4 Å². The molecule has 0 bridgehead atoms. The Morgan fingerprint density at radius 2 is 1.91 bits per heavy atom. The smallest absolute Gasteiger partial charge is 0.210 e. The fraction of sp³-hybridized carbons (Fsp3) is 0.312.